The van der Waals surface area contributed by atoms with Crippen LogP contribution < -0.4 is 10.1 Å². The number of rotatable bonds is 6. The van der Waals surface area contributed by atoms with Crippen LogP contribution in [-0.2, 0) is 6.54 Å². The molecule has 0 aliphatic carbocycles. The molecule has 1 N–H and O–H groups in total. The molecule has 1 amide bonds. The lowest BCUT2D eigenvalue weighted by molar-refractivity contribution is 0.0950. The Labute approximate surface area is 181 Å². The molecule has 0 radical (unpaired) electrons. The van der Waals surface area contributed by atoms with Gasteiger partial charge in [0.25, 0.3) is 5.91 Å². The van der Waals surface area contributed by atoms with Crippen LogP contribution in [0.25, 0.3) is 11.4 Å². The normalized spacial score (nSPS) is 10.5. The molecular formula is C26H23N3O2. The number of amides is 1. The zero-order valence-corrected chi connectivity index (χ0v) is 17.5. The summed E-state index contributed by atoms with van der Waals surface area (Å²) >= 11 is 0. The van der Waals surface area contributed by atoms with Crippen LogP contribution in [0, 0.1) is 13.8 Å². The Hall–Kier alpha value is -3.99. The summed E-state index contributed by atoms with van der Waals surface area (Å²) in [7, 11) is 0. The standard InChI is InChI=1S/C26H23N3O2/c1-18-9-11-21(12-10-18)25-27-14-13-24(29-25)31-23-8-4-7-22(16-23)26(30)28-17-20-6-3-5-19(2)15-20/h3-16H,17H2,1-2H3,(H,28,30). The van der Waals surface area contributed by atoms with Gasteiger partial charge in [0.1, 0.15) is 5.75 Å². The highest BCUT2D eigenvalue weighted by atomic mass is 16.5. The van der Waals surface area contributed by atoms with E-state index in [9.17, 15) is 4.79 Å². The smallest absolute Gasteiger partial charge is 0.251 e. The van der Waals surface area contributed by atoms with Gasteiger partial charge in [0, 0.05) is 29.9 Å². The zero-order chi connectivity index (χ0) is 21.6. The summed E-state index contributed by atoms with van der Waals surface area (Å²) in [6.45, 7) is 4.54. The van der Waals surface area contributed by atoms with E-state index in [0.29, 0.717) is 29.6 Å². The van der Waals surface area contributed by atoms with E-state index in [4.69, 9.17) is 4.74 Å². The lowest BCUT2D eigenvalue weighted by atomic mass is 10.1. The van der Waals surface area contributed by atoms with Crippen molar-refractivity contribution in [2.45, 2.75) is 20.4 Å². The highest BCUT2D eigenvalue weighted by Crippen LogP contribution is 2.23. The second-order valence-corrected chi connectivity index (χ2v) is 7.39. The molecule has 0 atom stereocenters. The van der Waals surface area contributed by atoms with Crippen LogP contribution in [0.5, 0.6) is 11.6 Å². The number of aromatic nitrogens is 2. The molecule has 5 heteroatoms. The van der Waals surface area contributed by atoms with Gasteiger partial charge in [-0.1, -0.05) is 65.7 Å². The van der Waals surface area contributed by atoms with Crippen molar-refractivity contribution in [3.05, 3.63) is 107 Å². The van der Waals surface area contributed by atoms with Gasteiger partial charge < -0.3 is 10.1 Å². The van der Waals surface area contributed by atoms with Gasteiger partial charge in [-0.15, -0.1) is 0 Å². The van der Waals surface area contributed by atoms with E-state index in [0.717, 1.165) is 16.7 Å². The monoisotopic (exact) mass is 409 g/mol. The number of carbonyl (C=O) groups excluding carboxylic acids is 1. The average molecular weight is 409 g/mol. The van der Waals surface area contributed by atoms with E-state index >= 15 is 0 Å². The van der Waals surface area contributed by atoms with Crippen molar-refractivity contribution in [2.24, 2.45) is 0 Å². The molecule has 1 heterocycles. The Bertz CT molecular complexity index is 1200. The average Bonchev–Trinajstić information content (AvgIpc) is 2.78. The molecule has 0 saturated carbocycles. The Kier molecular flexibility index (Phi) is 6.03. The fourth-order valence-electron chi connectivity index (χ4n) is 3.17. The van der Waals surface area contributed by atoms with Crippen LogP contribution in [0.1, 0.15) is 27.0 Å². The Morgan fingerprint density at radius 1 is 0.903 bits per heavy atom. The Balaban J connectivity index is 1.45. The molecule has 0 unspecified atom stereocenters. The molecule has 0 bridgehead atoms. The fraction of sp³-hybridized carbons (Fsp3) is 0.115. The topological polar surface area (TPSA) is 64.1 Å². The molecule has 31 heavy (non-hydrogen) atoms. The summed E-state index contributed by atoms with van der Waals surface area (Å²) in [5.74, 6) is 1.39. The highest BCUT2D eigenvalue weighted by Gasteiger charge is 2.09. The van der Waals surface area contributed by atoms with Crippen molar-refractivity contribution in [3.8, 4) is 23.0 Å². The maximum atomic E-state index is 12.6. The number of hydrogen-bond donors (Lipinski definition) is 1. The molecule has 0 spiro atoms. The molecule has 1 aromatic heterocycles. The lowest BCUT2D eigenvalue weighted by Gasteiger charge is -2.09. The molecule has 0 saturated heterocycles. The third-order valence-corrected chi connectivity index (χ3v) is 4.79. The third kappa shape index (κ3) is 5.34. The molecule has 0 aliphatic heterocycles. The number of benzene rings is 3. The molecular weight excluding hydrogens is 386 g/mol. The first-order valence-electron chi connectivity index (χ1n) is 10.1. The summed E-state index contributed by atoms with van der Waals surface area (Å²) in [6, 6.07) is 24.8. The fourth-order valence-corrected chi connectivity index (χ4v) is 3.17. The van der Waals surface area contributed by atoms with Crippen molar-refractivity contribution in [1.82, 2.24) is 15.3 Å². The first-order valence-corrected chi connectivity index (χ1v) is 10.1. The van der Waals surface area contributed by atoms with Crippen LogP contribution in [0.15, 0.2) is 85.1 Å². The molecule has 0 fully saturated rings. The van der Waals surface area contributed by atoms with E-state index in [1.54, 1.807) is 36.5 Å². The van der Waals surface area contributed by atoms with Gasteiger partial charge in [0.15, 0.2) is 5.82 Å². The number of carbonyl (C=O) groups is 1. The Morgan fingerprint density at radius 2 is 1.71 bits per heavy atom. The molecule has 4 rings (SSSR count). The van der Waals surface area contributed by atoms with Gasteiger partial charge >= 0.3 is 0 Å². The minimum Gasteiger partial charge on any atom is -0.439 e. The minimum absolute atomic E-state index is 0.157. The SMILES string of the molecule is Cc1ccc(-c2nccc(Oc3cccc(C(=O)NCc4cccc(C)c4)c3)n2)cc1. The quantitative estimate of drug-likeness (QED) is 0.458. The van der Waals surface area contributed by atoms with Crippen LogP contribution in [0.3, 0.4) is 0 Å². The van der Waals surface area contributed by atoms with Gasteiger partial charge in [0.05, 0.1) is 0 Å². The summed E-state index contributed by atoms with van der Waals surface area (Å²) in [5, 5.41) is 2.95. The number of nitrogens with one attached hydrogen (secondary N) is 1. The van der Waals surface area contributed by atoms with E-state index < -0.39 is 0 Å². The largest absolute Gasteiger partial charge is 0.439 e. The van der Waals surface area contributed by atoms with Crippen molar-refractivity contribution in [3.63, 3.8) is 0 Å². The van der Waals surface area contributed by atoms with Gasteiger partial charge in [-0.05, 0) is 37.6 Å². The summed E-state index contributed by atoms with van der Waals surface area (Å²) in [4.78, 5) is 21.4. The van der Waals surface area contributed by atoms with E-state index in [1.807, 2.05) is 56.3 Å². The third-order valence-electron chi connectivity index (χ3n) is 4.79. The molecule has 3 aromatic carbocycles. The minimum atomic E-state index is -0.157. The molecule has 4 aromatic rings. The second kappa shape index (κ2) is 9.22. The highest BCUT2D eigenvalue weighted by molar-refractivity contribution is 5.94. The molecule has 0 aliphatic rings. The van der Waals surface area contributed by atoms with E-state index in [-0.39, 0.29) is 5.91 Å². The van der Waals surface area contributed by atoms with Crippen LogP contribution in [0.2, 0.25) is 0 Å². The second-order valence-electron chi connectivity index (χ2n) is 7.39. The summed E-state index contributed by atoms with van der Waals surface area (Å²) < 4.78 is 5.90. The zero-order valence-electron chi connectivity index (χ0n) is 17.5. The number of nitrogens with zero attached hydrogens (tertiary/aromatic N) is 2. The van der Waals surface area contributed by atoms with Crippen LogP contribution in [0.4, 0.5) is 0 Å². The molecule has 5 nitrogen and oxygen atoms in total. The lowest BCUT2D eigenvalue weighted by Crippen LogP contribution is -2.22. The number of ether oxygens (including phenoxy) is 1. The van der Waals surface area contributed by atoms with Gasteiger partial charge in [-0.3, -0.25) is 4.79 Å². The first kappa shape index (κ1) is 20.3. The van der Waals surface area contributed by atoms with Gasteiger partial charge in [0.2, 0.25) is 5.88 Å². The van der Waals surface area contributed by atoms with Crippen molar-refractivity contribution in [2.75, 3.05) is 0 Å². The van der Waals surface area contributed by atoms with Gasteiger partial charge in [-0.2, -0.15) is 4.98 Å². The van der Waals surface area contributed by atoms with Crippen LogP contribution in [-0.4, -0.2) is 15.9 Å². The van der Waals surface area contributed by atoms with Crippen molar-refractivity contribution in [1.29, 1.82) is 0 Å². The summed E-state index contributed by atoms with van der Waals surface area (Å²) in [6.07, 6.45) is 1.66. The van der Waals surface area contributed by atoms with E-state index in [1.165, 1.54) is 5.56 Å². The van der Waals surface area contributed by atoms with Crippen LogP contribution >= 0.6 is 0 Å². The number of aryl methyl sites for hydroxylation is 2. The number of hydrogen-bond acceptors (Lipinski definition) is 4. The Morgan fingerprint density at radius 3 is 2.52 bits per heavy atom. The molecule has 154 valence electrons. The van der Waals surface area contributed by atoms with Crippen molar-refractivity contribution >= 4 is 5.91 Å². The predicted molar refractivity (Wildman–Crippen MR) is 121 cm³/mol. The summed E-state index contributed by atoms with van der Waals surface area (Å²) in [5.41, 5.74) is 4.84. The maximum Gasteiger partial charge on any atom is 0.251 e. The predicted octanol–water partition coefficient (Wildman–Crippen LogP) is 5.48. The van der Waals surface area contributed by atoms with Crippen molar-refractivity contribution < 1.29 is 9.53 Å². The van der Waals surface area contributed by atoms with Gasteiger partial charge in [-0.25, -0.2) is 4.98 Å². The maximum absolute atomic E-state index is 12.6. The first-order chi connectivity index (χ1) is 15.1. The van der Waals surface area contributed by atoms with E-state index in [2.05, 4.69) is 21.4 Å².